The maximum absolute atomic E-state index is 11.4. The van der Waals surface area contributed by atoms with E-state index in [1.54, 1.807) is 18.2 Å². The van der Waals surface area contributed by atoms with Gasteiger partial charge in [0.15, 0.2) is 5.78 Å². The molecule has 1 rings (SSSR count). The summed E-state index contributed by atoms with van der Waals surface area (Å²) in [6.45, 7) is 2.51. The van der Waals surface area contributed by atoms with E-state index >= 15 is 0 Å². The summed E-state index contributed by atoms with van der Waals surface area (Å²) < 4.78 is 5.01. The van der Waals surface area contributed by atoms with Crippen LogP contribution in [0.25, 0.3) is 0 Å². The third-order valence-corrected chi connectivity index (χ3v) is 2.47. The van der Waals surface area contributed by atoms with Crippen molar-refractivity contribution in [2.75, 3.05) is 13.2 Å². The zero-order valence-electron chi connectivity index (χ0n) is 8.43. The Morgan fingerprint density at radius 3 is 2.80 bits per heavy atom. The average molecular weight is 247 g/mol. The predicted molar refractivity (Wildman–Crippen MR) is 61.7 cm³/mol. The number of hydrogen-bond acceptors (Lipinski definition) is 2. The number of hydrogen-bond donors (Lipinski definition) is 0. The average Bonchev–Trinajstić information content (AvgIpc) is 2.20. The van der Waals surface area contributed by atoms with Crippen molar-refractivity contribution in [1.29, 1.82) is 0 Å². The normalized spacial score (nSPS) is 10.3. The zero-order chi connectivity index (χ0) is 11.3. The van der Waals surface area contributed by atoms with Gasteiger partial charge in [-0.2, -0.15) is 0 Å². The minimum absolute atomic E-state index is 0.000941. The Morgan fingerprint density at radius 2 is 2.13 bits per heavy atom. The summed E-state index contributed by atoms with van der Waals surface area (Å²) in [4.78, 5) is 11.4. The lowest BCUT2D eigenvalue weighted by Crippen LogP contribution is -2.11. The van der Waals surface area contributed by atoms with Crippen LogP contribution >= 0.6 is 23.2 Å². The fourth-order valence-electron chi connectivity index (χ4n) is 1.16. The summed E-state index contributed by atoms with van der Waals surface area (Å²) in [6, 6.07) is 5.08. The van der Waals surface area contributed by atoms with Crippen molar-refractivity contribution >= 4 is 29.0 Å². The van der Waals surface area contributed by atoms with Crippen LogP contribution in [-0.4, -0.2) is 19.0 Å². The van der Waals surface area contributed by atoms with Gasteiger partial charge in [-0.1, -0.05) is 23.2 Å². The van der Waals surface area contributed by atoms with Crippen LogP contribution in [0.1, 0.15) is 12.5 Å². The van der Waals surface area contributed by atoms with Gasteiger partial charge in [0, 0.05) is 23.1 Å². The minimum Gasteiger partial charge on any atom is -0.374 e. The number of benzene rings is 1. The maximum atomic E-state index is 11.4. The molecule has 4 heteroatoms. The van der Waals surface area contributed by atoms with Gasteiger partial charge in [0.25, 0.3) is 0 Å². The lowest BCUT2D eigenvalue weighted by molar-refractivity contribution is -0.122. The lowest BCUT2D eigenvalue weighted by atomic mass is 10.1. The molecule has 2 nitrogen and oxygen atoms in total. The van der Waals surface area contributed by atoms with Gasteiger partial charge >= 0.3 is 0 Å². The van der Waals surface area contributed by atoms with Gasteiger partial charge in [-0.25, -0.2) is 0 Å². The molecule has 0 atom stereocenters. The molecule has 0 unspecified atom stereocenters. The summed E-state index contributed by atoms with van der Waals surface area (Å²) in [6.07, 6.45) is 0.263. The van der Waals surface area contributed by atoms with E-state index in [1.807, 2.05) is 6.92 Å². The van der Waals surface area contributed by atoms with E-state index in [-0.39, 0.29) is 18.8 Å². The van der Waals surface area contributed by atoms with E-state index in [9.17, 15) is 4.79 Å². The van der Waals surface area contributed by atoms with Crippen LogP contribution < -0.4 is 0 Å². The van der Waals surface area contributed by atoms with E-state index in [2.05, 4.69) is 0 Å². The fourth-order valence-corrected chi connectivity index (χ4v) is 1.54. The van der Waals surface area contributed by atoms with E-state index in [4.69, 9.17) is 27.9 Å². The van der Waals surface area contributed by atoms with E-state index in [0.717, 1.165) is 5.56 Å². The third-order valence-electron chi connectivity index (χ3n) is 1.86. The quantitative estimate of drug-likeness (QED) is 0.798. The van der Waals surface area contributed by atoms with E-state index < -0.39 is 0 Å². The molecular weight excluding hydrogens is 235 g/mol. The first kappa shape index (κ1) is 12.5. The lowest BCUT2D eigenvalue weighted by Gasteiger charge is -2.04. The van der Waals surface area contributed by atoms with Gasteiger partial charge in [0.05, 0.1) is 0 Å². The fraction of sp³-hybridized carbons (Fsp3) is 0.364. The Labute approximate surface area is 99.1 Å². The summed E-state index contributed by atoms with van der Waals surface area (Å²) in [7, 11) is 0. The van der Waals surface area contributed by atoms with Gasteiger partial charge < -0.3 is 4.74 Å². The number of ether oxygens (including phenoxy) is 1. The van der Waals surface area contributed by atoms with E-state index in [1.165, 1.54) is 0 Å². The van der Waals surface area contributed by atoms with Crippen LogP contribution in [0.5, 0.6) is 0 Å². The van der Waals surface area contributed by atoms with Crippen molar-refractivity contribution in [1.82, 2.24) is 0 Å². The first-order chi connectivity index (χ1) is 7.13. The minimum atomic E-state index is 0.000941. The van der Waals surface area contributed by atoms with Crippen LogP contribution in [0.4, 0.5) is 0 Å². The van der Waals surface area contributed by atoms with Crippen molar-refractivity contribution in [3.05, 3.63) is 33.8 Å². The highest BCUT2D eigenvalue weighted by molar-refractivity contribution is 6.33. The van der Waals surface area contributed by atoms with Crippen molar-refractivity contribution in [2.45, 2.75) is 13.3 Å². The third kappa shape index (κ3) is 4.20. The van der Waals surface area contributed by atoms with Gasteiger partial charge in [0.2, 0.25) is 0 Å². The summed E-state index contributed by atoms with van der Waals surface area (Å²) in [5.41, 5.74) is 0.744. The summed E-state index contributed by atoms with van der Waals surface area (Å²) in [5.74, 6) is 0.000941. The Hall–Kier alpha value is -0.570. The second kappa shape index (κ2) is 6.11. The molecule has 82 valence electrons. The maximum Gasteiger partial charge on any atom is 0.162 e. The van der Waals surface area contributed by atoms with Gasteiger partial charge in [-0.15, -0.1) is 0 Å². The molecule has 0 radical (unpaired) electrons. The molecule has 0 amide bonds. The van der Waals surface area contributed by atoms with Crippen molar-refractivity contribution in [2.24, 2.45) is 0 Å². The molecule has 0 fully saturated rings. The molecule has 0 heterocycles. The van der Waals surface area contributed by atoms with Gasteiger partial charge in [0.1, 0.15) is 6.61 Å². The van der Waals surface area contributed by atoms with Crippen molar-refractivity contribution < 1.29 is 9.53 Å². The molecule has 1 aromatic rings. The summed E-state index contributed by atoms with van der Waals surface area (Å²) >= 11 is 11.7. The second-order valence-electron chi connectivity index (χ2n) is 3.09. The molecule has 0 saturated carbocycles. The highest BCUT2D eigenvalue weighted by Crippen LogP contribution is 2.21. The first-order valence-electron chi connectivity index (χ1n) is 4.67. The highest BCUT2D eigenvalue weighted by Gasteiger charge is 2.07. The van der Waals surface area contributed by atoms with Crippen LogP contribution in [0.2, 0.25) is 10.0 Å². The monoisotopic (exact) mass is 246 g/mol. The molecule has 0 aliphatic rings. The van der Waals surface area contributed by atoms with Crippen LogP contribution in [0, 0.1) is 0 Å². The molecule has 0 saturated heterocycles. The Balaban J connectivity index is 2.63. The van der Waals surface area contributed by atoms with Crippen LogP contribution in [0.15, 0.2) is 18.2 Å². The van der Waals surface area contributed by atoms with Crippen molar-refractivity contribution in [3.8, 4) is 0 Å². The molecule has 0 bridgehead atoms. The molecule has 0 spiro atoms. The standard InChI is InChI=1S/C11H12Cl2O2/c1-2-15-7-10(14)6-8-5-9(12)3-4-11(8)13/h3-5H,2,6-7H2,1H3. The van der Waals surface area contributed by atoms with Gasteiger partial charge in [-0.3, -0.25) is 4.79 Å². The largest absolute Gasteiger partial charge is 0.374 e. The molecule has 0 aromatic heterocycles. The Bertz CT molecular complexity index is 350. The number of carbonyl (C=O) groups excluding carboxylic acids is 1. The van der Waals surface area contributed by atoms with Gasteiger partial charge in [-0.05, 0) is 30.7 Å². The SMILES string of the molecule is CCOCC(=O)Cc1cc(Cl)ccc1Cl. The van der Waals surface area contributed by atoms with E-state index in [0.29, 0.717) is 16.7 Å². The molecule has 0 aliphatic heterocycles. The van der Waals surface area contributed by atoms with Crippen molar-refractivity contribution in [3.63, 3.8) is 0 Å². The van der Waals surface area contributed by atoms with Crippen LogP contribution in [-0.2, 0) is 16.0 Å². The zero-order valence-corrected chi connectivity index (χ0v) is 9.94. The number of rotatable bonds is 5. The number of Topliss-reactive ketones (excluding diaryl/α,β-unsaturated/α-hetero) is 1. The first-order valence-corrected chi connectivity index (χ1v) is 5.42. The Kier molecular flexibility index (Phi) is 5.09. The molecule has 0 N–H and O–H groups in total. The number of carbonyl (C=O) groups is 1. The topological polar surface area (TPSA) is 26.3 Å². The number of ketones is 1. The molecule has 15 heavy (non-hydrogen) atoms. The molecular formula is C11H12Cl2O2. The molecule has 0 aliphatic carbocycles. The predicted octanol–water partition coefficient (Wildman–Crippen LogP) is 3.14. The smallest absolute Gasteiger partial charge is 0.162 e. The second-order valence-corrected chi connectivity index (χ2v) is 3.93. The highest BCUT2D eigenvalue weighted by atomic mass is 35.5. The Morgan fingerprint density at radius 1 is 1.40 bits per heavy atom. The van der Waals surface area contributed by atoms with Crippen LogP contribution in [0.3, 0.4) is 0 Å². The number of halogens is 2. The summed E-state index contributed by atoms with van der Waals surface area (Å²) in [5, 5.41) is 1.14. The molecule has 1 aromatic carbocycles.